The number of aromatic nitrogens is 3. The lowest BCUT2D eigenvalue weighted by Gasteiger charge is -2.33. The predicted molar refractivity (Wildman–Crippen MR) is 115 cm³/mol. The first-order valence-electron chi connectivity index (χ1n) is 9.98. The number of imidazole rings is 1. The van der Waals surface area contributed by atoms with E-state index in [1.54, 1.807) is 11.3 Å². The van der Waals surface area contributed by atoms with Crippen LogP contribution in [0, 0.1) is 5.92 Å². The first-order valence-corrected chi connectivity index (χ1v) is 10.8. The predicted octanol–water partition coefficient (Wildman–Crippen LogP) is 3.91. The zero-order chi connectivity index (χ0) is 19.7. The van der Waals surface area contributed by atoms with E-state index in [0.29, 0.717) is 12.5 Å². The Morgan fingerprint density at radius 2 is 1.89 bits per heavy atom. The second-order valence-electron chi connectivity index (χ2n) is 8.64. The van der Waals surface area contributed by atoms with Crippen LogP contribution in [0.5, 0.6) is 0 Å². The minimum atomic E-state index is 0.0378. The van der Waals surface area contributed by atoms with E-state index in [2.05, 4.69) is 60.4 Å². The molecular weight excluding hydrogens is 370 g/mol. The van der Waals surface area contributed by atoms with Gasteiger partial charge in [0.25, 0.3) is 0 Å². The van der Waals surface area contributed by atoms with Crippen LogP contribution in [0.2, 0.25) is 0 Å². The average Bonchev–Trinajstić information content (AvgIpc) is 3.26. The molecule has 0 atom stereocenters. The highest BCUT2D eigenvalue weighted by molar-refractivity contribution is 7.20. The molecule has 28 heavy (non-hydrogen) atoms. The Bertz CT molecular complexity index is 885. The smallest absolute Gasteiger partial charge is 0.214 e. The van der Waals surface area contributed by atoms with Crippen molar-refractivity contribution in [2.45, 2.75) is 45.6 Å². The maximum absolute atomic E-state index is 9.28. The molecule has 1 aromatic carbocycles. The van der Waals surface area contributed by atoms with Gasteiger partial charge in [0.15, 0.2) is 0 Å². The van der Waals surface area contributed by atoms with Crippen LogP contribution in [0.15, 0.2) is 30.5 Å². The maximum atomic E-state index is 9.28. The number of aliphatic hydroxyl groups is 1. The summed E-state index contributed by atoms with van der Waals surface area (Å²) in [6, 6.07) is 8.74. The van der Waals surface area contributed by atoms with Crippen molar-refractivity contribution in [1.29, 1.82) is 0 Å². The van der Waals surface area contributed by atoms with Gasteiger partial charge in [0, 0.05) is 37.3 Å². The molecule has 3 heterocycles. The summed E-state index contributed by atoms with van der Waals surface area (Å²) < 4.78 is 1.87. The van der Waals surface area contributed by atoms with Crippen LogP contribution >= 0.6 is 11.3 Å². The lowest BCUT2D eigenvalue weighted by Crippen LogP contribution is -2.34. The maximum Gasteiger partial charge on any atom is 0.214 e. The van der Waals surface area contributed by atoms with Crippen LogP contribution in [0.1, 0.15) is 44.9 Å². The van der Waals surface area contributed by atoms with E-state index in [9.17, 15) is 5.11 Å². The van der Waals surface area contributed by atoms with Crippen molar-refractivity contribution >= 4 is 27.1 Å². The standard InChI is InChI=1S/C21H29N5OS/c1-21(2,3)18-13-26-20(23-18)28-19(24-26)22-12-15-4-6-17(7-5-15)25-10-8-16(14-27)9-11-25/h4-7,13,16,27H,8-12,14H2,1-3H3,(H,22,24). The van der Waals surface area contributed by atoms with Gasteiger partial charge in [-0.25, -0.2) is 9.50 Å². The van der Waals surface area contributed by atoms with E-state index in [1.165, 1.54) is 11.3 Å². The van der Waals surface area contributed by atoms with Crippen LogP contribution < -0.4 is 10.2 Å². The van der Waals surface area contributed by atoms with Crippen molar-refractivity contribution in [2.75, 3.05) is 29.9 Å². The number of fused-ring (bicyclic) bond motifs is 1. The molecule has 1 saturated heterocycles. The molecule has 0 spiro atoms. The van der Waals surface area contributed by atoms with Crippen LogP contribution in [-0.2, 0) is 12.0 Å². The van der Waals surface area contributed by atoms with Gasteiger partial charge in [-0.3, -0.25) is 0 Å². The molecule has 0 radical (unpaired) electrons. The fourth-order valence-electron chi connectivity index (χ4n) is 3.51. The molecule has 3 aromatic rings. The lowest BCUT2D eigenvalue weighted by molar-refractivity contribution is 0.203. The van der Waals surface area contributed by atoms with E-state index in [-0.39, 0.29) is 5.41 Å². The van der Waals surface area contributed by atoms with Gasteiger partial charge in [0.2, 0.25) is 10.1 Å². The van der Waals surface area contributed by atoms with Gasteiger partial charge in [-0.1, -0.05) is 44.2 Å². The summed E-state index contributed by atoms with van der Waals surface area (Å²) in [6.07, 6.45) is 4.16. The summed E-state index contributed by atoms with van der Waals surface area (Å²) in [5, 5.41) is 18.2. The Balaban J connectivity index is 1.35. The molecule has 1 aliphatic heterocycles. The summed E-state index contributed by atoms with van der Waals surface area (Å²) in [7, 11) is 0. The Hall–Kier alpha value is -2.12. The average molecular weight is 400 g/mol. The van der Waals surface area contributed by atoms with Crippen LogP contribution in [-0.4, -0.2) is 39.4 Å². The third-order valence-corrected chi connectivity index (χ3v) is 6.31. The highest BCUT2D eigenvalue weighted by Gasteiger charge is 2.20. The molecule has 0 aliphatic carbocycles. The minimum Gasteiger partial charge on any atom is -0.396 e. The second-order valence-corrected chi connectivity index (χ2v) is 9.60. The van der Waals surface area contributed by atoms with Gasteiger partial charge in [-0.05, 0) is 36.5 Å². The molecule has 0 amide bonds. The summed E-state index contributed by atoms with van der Waals surface area (Å²) in [5.74, 6) is 0.471. The molecular formula is C21H29N5OS. The van der Waals surface area contributed by atoms with Crippen molar-refractivity contribution in [3.05, 3.63) is 41.7 Å². The third kappa shape index (κ3) is 4.15. The summed E-state index contributed by atoms with van der Waals surface area (Å²) in [6.45, 7) is 9.61. The van der Waals surface area contributed by atoms with Crippen molar-refractivity contribution in [3.63, 3.8) is 0 Å². The number of nitrogens with zero attached hydrogens (tertiary/aromatic N) is 4. The number of benzene rings is 1. The fraction of sp³-hybridized carbons (Fsp3) is 0.524. The van der Waals surface area contributed by atoms with Crippen molar-refractivity contribution < 1.29 is 5.11 Å². The van der Waals surface area contributed by atoms with E-state index in [4.69, 9.17) is 4.98 Å². The quantitative estimate of drug-likeness (QED) is 0.681. The van der Waals surface area contributed by atoms with E-state index < -0.39 is 0 Å². The molecule has 2 N–H and O–H groups in total. The number of hydrogen-bond acceptors (Lipinski definition) is 6. The molecule has 6 nitrogen and oxygen atoms in total. The molecule has 0 bridgehead atoms. The first-order chi connectivity index (χ1) is 13.4. The van der Waals surface area contributed by atoms with Gasteiger partial charge in [-0.2, -0.15) is 0 Å². The molecule has 4 rings (SSSR count). The number of piperidine rings is 1. The third-order valence-electron chi connectivity index (χ3n) is 5.43. The molecule has 0 unspecified atom stereocenters. The molecule has 2 aromatic heterocycles. The molecule has 0 saturated carbocycles. The Morgan fingerprint density at radius 3 is 2.50 bits per heavy atom. The zero-order valence-corrected chi connectivity index (χ0v) is 17.7. The van der Waals surface area contributed by atoms with Crippen molar-refractivity contribution in [2.24, 2.45) is 5.92 Å². The number of rotatable bonds is 5. The Kier molecular flexibility index (Phi) is 5.29. The highest BCUT2D eigenvalue weighted by Crippen LogP contribution is 2.26. The summed E-state index contributed by atoms with van der Waals surface area (Å²) in [5.41, 5.74) is 3.60. The number of nitrogens with one attached hydrogen (secondary N) is 1. The second kappa shape index (κ2) is 7.72. The van der Waals surface area contributed by atoms with Crippen LogP contribution in [0.3, 0.4) is 0 Å². The normalized spacial score (nSPS) is 16.1. The summed E-state index contributed by atoms with van der Waals surface area (Å²) >= 11 is 1.58. The van der Waals surface area contributed by atoms with E-state index in [1.807, 2.05) is 10.7 Å². The van der Waals surface area contributed by atoms with Crippen LogP contribution in [0.4, 0.5) is 10.8 Å². The number of aliphatic hydroxyl groups excluding tert-OH is 1. The minimum absolute atomic E-state index is 0.0378. The molecule has 1 aliphatic rings. The first kappa shape index (κ1) is 19.2. The number of hydrogen-bond donors (Lipinski definition) is 2. The molecule has 1 fully saturated rings. The van der Waals surface area contributed by atoms with Gasteiger partial charge in [-0.15, -0.1) is 5.10 Å². The van der Waals surface area contributed by atoms with Crippen molar-refractivity contribution in [3.8, 4) is 0 Å². The monoisotopic (exact) mass is 399 g/mol. The van der Waals surface area contributed by atoms with Gasteiger partial charge < -0.3 is 15.3 Å². The molecule has 7 heteroatoms. The number of anilines is 2. The summed E-state index contributed by atoms with van der Waals surface area (Å²) in [4.78, 5) is 8.03. The topological polar surface area (TPSA) is 65.7 Å². The van der Waals surface area contributed by atoms with Gasteiger partial charge >= 0.3 is 0 Å². The highest BCUT2D eigenvalue weighted by atomic mass is 32.1. The largest absolute Gasteiger partial charge is 0.396 e. The molecule has 150 valence electrons. The fourth-order valence-corrected chi connectivity index (χ4v) is 4.29. The lowest BCUT2D eigenvalue weighted by atomic mass is 9.93. The Morgan fingerprint density at radius 1 is 1.18 bits per heavy atom. The zero-order valence-electron chi connectivity index (χ0n) is 16.9. The van der Waals surface area contributed by atoms with Crippen LogP contribution in [0.25, 0.3) is 4.96 Å². The van der Waals surface area contributed by atoms with Gasteiger partial charge in [0.05, 0.1) is 11.9 Å². The van der Waals surface area contributed by atoms with E-state index in [0.717, 1.165) is 48.3 Å². The van der Waals surface area contributed by atoms with E-state index >= 15 is 0 Å². The SMILES string of the molecule is CC(C)(C)c1cn2nc(NCc3ccc(N4CCC(CO)CC4)cc3)sc2n1. The van der Waals surface area contributed by atoms with Gasteiger partial charge in [0.1, 0.15) is 0 Å². The van der Waals surface area contributed by atoms with Crippen molar-refractivity contribution in [1.82, 2.24) is 14.6 Å². The Labute approximate surface area is 170 Å².